The first-order valence-corrected chi connectivity index (χ1v) is 9.54. The lowest BCUT2D eigenvalue weighted by molar-refractivity contribution is 0.0959. The Morgan fingerprint density at radius 2 is 2.23 bits per heavy atom. The summed E-state index contributed by atoms with van der Waals surface area (Å²) in [6.07, 6.45) is 2.73. The average Bonchev–Trinajstić information content (AvgIpc) is 3.13. The standard InChI is InChI=1S/C20H25N3O2S/c1-13-11-20(2,3)23(4)16-10-17(25-5)14(9-15(13)16)12-21-22-19(24)18-7-6-8-26-18/h6-10,12-13H,11H2,1-5H3,(H,22,24)/b21-12+. The molecular weight excluding hydrogens is 346 g/mol. The van der Waals surface area contributed by atoms with E-state index in [1.807, 2.05) is 11.4 Å². The zero-order valence-electron chi connectivity index (χ0n) is 15.9. The zero-order valence-corrected chi connectivity index (χ0v) is 16.7. The summed E-state index contributed by atoms with van der Waals surface area (Å²) in [5, 5.41) is 5.98. The number of nitrogens with one attached hydrogen (secondary N) is 1. The van der Waals surface area contributed by atoms with Gasteiger partial charge in [-0.25, -0.2) is 5.43 Å². The topological polar surface area (TPSA) is 53.9 Å². The third-order valence-corrected chi connectivity index (χ3v) is 5.97. The van der Waals surface area contributed by atoms with Gasteiger partial charge in [-0.1, -0.05) is 13.0 Å². The second-order valence-electron chi connectivity index (χ2n) is 7.31. The normalized spacial score (nSPS) is 18.7. The molecule has 6 heteroatoms. The Kier molecular flexibility index (Phi) is 5.05. The highest BCUT2D eigenvalue weighted by atomic mass is 32.1. The number of carbonyl (C=O) groups is 1. The van der Waals surface area contributed by atoms with Crippen molar-refractivity contribution >= 4 is 29.1 Å². The van der Waals surface area contributed by atoms with E-state index in [1.54, 1.807) is 19.4 Å². The first-order valence-electron chi connectivity index (χ1n) is 8.66. The number of hydrogen-bond acceptors (Lipinski definition) is 5. The molecule has 2 aromatic rings. The van der Waals surface area contributed by atoms with Gasteiger partial charge in [-0.15, -0.1) is 11.3 Å². The van der Waals surface area contributed by atoms with Crippen molar-refractivity contribution in [3.8, 4) is 5.75 Å². The van der Waals surface area contributed by atoms with Gasteiger partial charge in [0.15, 0.2) is 0 Å². The SMILES string of the molecule is COc1cc2c(cc1/C=N/NC(=O)c1cccs1)C(C)CC(C)(C)N2C. The van der Waals surface area contributed by atoms with Gasteiger partial charge in [0, 0.05) is 29.9 Å². The molecule has 5 nitrogen and oxygen atoms in total. The second-order valence-corrected chi connectivity index (χ2v) is 8.25. The van der Waals surface area contributed by atoms with Crippen LogP contribution in [0.3, 0.4) is 0 Å². The molecule has 0 bridgehead atoms. The molecule has 1 aromatic heterocycles. The number of hydrazone groups is 1. The van der Waals surface area contributed by atoms with Crippen molar-refractivity contribution in [3.05, 3.63) is 45.6 Å². The molecule has 0 saturated carbocycles. The van der Waals surface area contributed by atoms with Crippen LogP contribution in [0.2, 0.25) is 0 Å². The third-order valence-electron chi connectivity index (χ3n) is 5.10. The van der Waals surface area contributed by atoms with Crippen LogP contribution >= 0.6 is 11.3 Å². The molecule has 26 heavy (non-hydrogen) atoms. The maximum Gasteiger partial charge on any atom is 0.281 e. The van der Waals surface area contributed by atoms with Crippen molar-refractivity contribution in [3.63, 3.8) is 0 Å². The van der Waals surface area contributed by atoms with E-state index in [1.165, 1.54) is 22.6 Å². The van der Waals surface area contributed by atoms with E-state index in [9.17, 15) is 4.79 Å². The molecule has 3 rings (SSSR count). The van der Waals surface area contributed by atoms with E-state index < -0.39 is 0 Å². The summed E-state index contributed by atoms with van der Waals surface area (Å²) in [7, 11) is 3.78. The Labute approximate surface area is 158 Å². The lowest BCUT2D eigenvalue weighted by Crippen LogP contribution is -2.45. The minimum Gasteiger partial charge on any atom is -0.496 e. The summed E-state index contributed by atoms with van der Waals surface area (Å²) < 4.78 is 5.56. The Hall–Kier alpha value is -2.34. The number of thiophene rings is 1. The lowest BCUT2D eigenvalue weighted by Gasteiger charge is -2.45. The van der Waals surface area contributed by atoms with E-state index in [0.717, 1.165) is 17.7 Å². The number of amides is 1. The molecule has 0 radical (unpaired) electrons. The first-order chi connectivity index (χ1) is 12.3. The van der Waals surface area contributed by atoms with Crippen LogP contribution < -0.4 is 15.1 Å². The second kappa shape index (κ2) is 7.11. The Bertz CT molecular complexity index is 828. The predicted octanol–water partition coefficient (Wildman–Crippen LogP) is 4.24. The molecule has 1 N–H and O–H groups in total. The van der Waals surface area contributed by atoms with Gasteiger partial charge in [0.1, 0.15) is 5.75 Å². The highest BCUT2D eigenvalue weighted by Gasteiger charge is 2.34. The van der Waals surface area contributed by atoms with E-state index in [-0.39, 0.29) is 11.4 Å². The minimum absolute atomic E-state index is 0.0989. The first kappa shape index (κ1) is 18.5. The zero-order chi connectivity index (χ0) is 18.9. The number of rotatable bonds is 4. The fourth-order valence-electron chi connectivity index (χ4n) is 3.51. The van der Waals surface area contributed by atoms with Gasteiger partial charge in [-0.05, 0) is 49.3 Å². The van der Waals surface area contributed by atoms with Crippen molar-refractivity contribution in [2.24, 2.45) is 5.10 Å². The van der Waals surface area contributed by atoms with Gasteiger partial charge < -0.3 is 9.64 Å². The molecule has 1 aromatic carbocycles. The average molecular weight is 372 g/mol. The largest absolute Gasteiger partial charge is 0.496 e. The fraction of sp³-hybridized carbons (Fsp3) is 0.400. The van der Waals surface area contributed by atoms with E-state index in [0.29, 0.717) is 10.8 Å². The molecule has 2 heterocycles. The van der Waals surface area contributed by atoms with E-state index in [2.05, 4.69) is 55.4 Å². The van der Waals surface area contributed by atoms with Crippen LogP contribution in [0.4, 0.5) is 5.69 Å². The van der Waals surface area contributed by atoms with Crippen molar-refractivity contribution in [1.29, 1.82) is 0 Å². The number of fused-ring (bicyclic) bond motifs is 1. The van der Waals surface area contributed by atoms with E-state index >= 15 is 0 Å². The Morgan fingerprint density at radius 3 is 2.88 bits per heavy atom. The summed E-state index contributed by atoms with van der Waals surface area (Å²) in [6.45, 7) is 6.77. The molecule has 1 amide bonds. The molecule has 138 valence electrons. The number of carbonyl (C=O) groups excluding carboxylic acids is 1. The van der Waals surface area contributed by atoms with Crippen LogP contribution in [-0.4, -0.2) is 31.8 Å². The van der Waals surface area contributed by atoms with Crippen molar-refractivity contribution in [2.75, 3.05) is 19.1 Å². The third kappa shape index (κ3) is 3.46. The Morgan fingerprint density at radius 1 is 1.46 bits per heavy atom. The van der Waals surface area contributed by atoms with Crippen LogP contribution in [0.15, 0.2) is 34.7 Å². The maximum absolute atomic E-state index is 12.0. The Balaban J connectivity index is 1.88. The van der Waals surface area contributed by atoms with Crippen molar-refractivity contribution in [1.82, 2.24) is 5.43 Å². The van der Waals surface area contributed by atoms with Crippen LogP contribution in [0.25, 0.3) is 0 Å². The number of ether oxygens (including phenoxy) is 1. The fourth-order valence-corrected chi connectivity index (χ4v) is 4.13. The molecule has 1 unspecified atom stereocenters. The minimum atomic E-state index is -0.206. The van der Waals surface area contributed by atoms with Crippen LogP contribution in [0, 0.1) is 0 Å². The molecule has 0 aliphatic carbocycles. The van der Waals surface area contributed by atoms with Gasteiger partial charge in [-0.2, -0.15) is 5.10 Å². The van der Waals surface area contributed by atoms with Gasteiger partial charge in [0.05, 0.1) is 18.2 Å². The predicted molar refractivity (Wildman–Crippen MR) is 108 cm³/mol. The lowest BCUT2D eigenvalue weighted by atomic mass is 9.80. The number of benzene rings is 1. The molecule has 0 fully saturated rings. The van der Waals surface area contributed by atoms with Crippen LogP contribution in [0.1, 0.15) is 53.9 Å². The van der Waals surface area contributed by atoms with E-state index in [4.69, 9.17) is 4.74 Å². The quantitative estimate of drug-likeness (QED) is 0.646. The smallest absolute Gasteiger partial charge is 0.281 e. The van der Waals surface area contributed by atoms with Crippen molar-refractivity contribution in [2.45, 2.75) is 38.6 Å². The number of anilines is 1. The maximum atomic E-state index is 12.0. The summed E-state index contributed by atoms with van der Waals surface area (Å²) in [5.74, 6) is 0.979. The summed E-state index contributed by atoms with van der Waals surface area (Å²) >= 11 is 1.39. The number of hydrogen-bond donors (Lipinski definition) is 1. The highest BCUT2D eigenvalue weighted by molar-refractivity contribution is 7.12. The number of methoxy groups -OCH3 is 1. The molecular formula is C20H25N3O2S. The highest BCUT2D eigenvalue weighted by Crippen LogP contribution is 2.44. The summed E-state index contributed by atoms with van der Waals surface area (Å²) in [4.78, 5) is 14.9. The molecule has 0 spiro atoms. The summed E-state index contributed by atoms with van der Waals surface area (Å²) in [5.41, 5.74) is 5.99. The van der Waals surface area contributed by atoms with Gasteiger partial charge >= 0.3 is 0 Å². The van der Waals surface area contributed by atoms with Crippen LogP contribution in [0.5, 0.6) is 5.75 Å². The monoisotopic (exact) mass is 371 g/mol. The molecule has 1 aliphatic heterocycles. The van der Waals surface area contributed by atoms with Crippen molar-refractivity contribution < 1.29 is 9.53 Å². The molecule has 1 atom stereocenters. The van der Waals surface area contributed by atoms with Gasteiger partial charge in [0.2, 0.25) is 0 Å². The molecule has 1 aliphatic rings. The number of nitrogens with zero attached hydrogens (tertiary/aromatic N) is 2. The van der Waals surface area contributed by atoms with Gasteiger partial charge in [0.25, 0.3) is 5.91 Å². The summed E-state index contributed by atoms with van der Waals surface area (Å²) in [6, 6.07) is 7.80. The van der Waals surface area contributed by atoms with Gasteiger partial charge in [-0.3, -0.25) is 4.79 Å². The molecule has 0 saturated heterocycles. The van der Waals surface area contributed by atoms with Crippen LogP contribution in [-0.2, 0) is 0 Å².